The molecule has 5 heteroatoms. The number of benzene rings is 2. The van der Waals surface area contributed by atoms with E-state index in [1.807, 2.05) is 37.3 Å². The second-order valence-electron chi connectivity index (χ2n) is 5.12. The van der Waals surface area contributed by atoms with E-state index in [-0.39, 0.29) is 5.91 Å². The van der Waals surface area contributed by atoms with Gasteiger partial charge >= 0.3 is 0 Å². The largest absolute Gasteiger partial charge is 0.346 e. The number of hydrogen-bond acceptors (Lipinski definition) is 4. The van der Waals surface area contributed by atoms with Gasteiger partial charge in [0.1, 0.15) is 0 Å². The molecule has 0 spiro atoms. The lowest BCUT2D eigenvalue weighted by atomic mass is 10.1. The molecule has 0 atom stereocenters. The third-order valence-corrected chi connectivity index (χ3v) is 3.51. The second kappa shape index (κ2) is 6.24. The summed E-state index contributed by atoms with van der Waals surface area (Å²) in [6.45, 7) is 2.16. The van der Waals surface area contributed by atoms with Crippen LogP contribution in [0.3, 0.4) is 0 Å². The van der Waals surface area contributed by atoms with Crippen molar-refractivity contribution in [3.63, 3.8) is 0 Å². The van der Waals surface area contributed by atoms with Gasteiger partial charge in [-0.15, -0.1) is 0 Å². The molecule has 0 aliphatic carbocycles. The highest BCUT2D eigenvalue weighted by atomic mass is 16.1. The number of nitrogens with one attached hydrogen (secondary N) is 1. The van der Waals surface area contributed by atoms with Crippen LogP contribution in [-0.4, -0.2) is 15.9 Å². The van der Waals surface area contributed by atoms with Gasteiger partial charge in [-0.3, -0.25) is 4.79 Å². The fraction of sp³-hybridized carbons (Fsp3) is 0.111. The Morgan fingerprint density at radius 2 is 1.87 bits per heavy atom. The van der Waals surface area contributed by atoms with E-state index in [2.05, 4.69) is 15.3 Å². The lowest BCUT2D eigenvalue weighted by molar-refractivity contribution is 0.0950. The molecular formula is C18H14N4O. The van der Waals surface area contributed by atoms with E-state index in [1.54, 1.807) is 24.3 Å². The molecule has 112 valence electrons. The van der Waals surface area contributed by atoms with Gasteiger partial charge in [0.05, 0.1) is 40.6 Å². The zero-order valence-electron chi connectivity index (χ0n) is 12.6. The van der Waals surface area contributed by atoms with Crippen molar-refractivity contribution in [1.29, 1.82) is 5.26 Å². The smallest absolute Gasteiger partial charge is 0.251 e. The quantitative estimate of drug-likeness (QED) is 0.807. The van der Waals surface area contributed by atoms with E-state index in [1.165, 1.54) is 0 Å². The maximum atomic E-state index is 12.2. The molecule has 0 fully saturated rings. The molecular weight excluding hydrogens is 288 g/mol. The van der Waals surface area contributed by atoms with Crippen LogP contribution in [-0.2, 0) is 6.54 Å². The molecule has 0 aliphatic rings. The summed E-state index contributed by atoms with van der Waals surface area (Å²) in [6, 6.07) is 16.2. The SMILES string of the molecule is Cc1nc2ccccc2nc1CNC(=O)c1cccc(C#N)c1. The van der Waals surface area contributed by atoms with Crippen LogP contribution in [0.2, 0.25) is 0 Å². The Morgan fingerprint density at radius 3 is 2.61 bits per heavy atom. The van der Waals surface area contributed by atoms with Crippen LogP contribution >= 0.6 is 0 Å². The summed E-state index contributed by atoms with van der Waals surface area (Å²) < 4.78 is 0. The number of nitriles is 1. The molecule has 0 bridgehead atoms. The Kier molecular flexibility index (Phi) is 3.98. The molecule has 0 aliphatic heterocycles. The highest BCUT2D eigenvalue weighted by Gasteiger charge is 2.09. The molecule has 0 saturated heterocycles. The molecule has 1 amide bonds. The normalized spacial score (nSPS) is 10.3. The van der Waals surface area contributed by atoms with Crippen LogP contribution in [0.1, 0.15) is 27.3 Å². The average Bonchev–Trinajstić information content (AvgIpc) is 2.59. The Labute approximate surface area is 133 Å². The number of nitrogens with zero attached hydrogens (tertiary/aromatic N) is 3. The van der Waals surface area contributed by atoms with Gasteiger partial charge in [-0.1, -0.05) is 18.2 Å². The van der Waals surface area contributed by atoms with Crippen LogP contribution in [0.15, 0.2) is 48.5 Å². The van der Waals surface area contributed by atoms with E-state index in [9.17, 15) is 4.79 Å². The fourth-order valence-corrected chi connectivity index (χ4v) is 2.29. The highest BCUT2D eigenvalue weighted by Crippen LogP contribution is 2.12. The van der Waals surface area contributed by atoms with Crippen LogP contribution in [0, 0.1) is 18.3 Å². The number of fused-ring (bicyclic) bond motifs is 1. The maximum absolute atomic E-state index is 12.2. The van der Waals surface area contributed by atoms with E-state index in [0.717, 1.165) is 22.4 Å². The summed E-state index contributed by atoms with van der Waals surface area (Å²) in [5.41, 5.74) is 4.06. The van der Waals surface area contributed by atoms with Crippen molar-refractivity contribution >= 4 is 16.9 Å². The van der Waals surface area contributed by atoms with Crippen molar-refractivity contribution in [2.24, 2.45) is 0 Å². The lowest BCUT2D eigenvalue weighted by Gasteiger charge is -2.08. The number of amides is 1. The van der Waals surface area contributed by atoms with E-state index < -0.39 is 0 Å². The summed E-state index contributed by atoms with van der Waals surface area (Å²) in [5, 5.41) is 11.7. The number of para-hydroxylation sites is 2. The van der Waals surface area contributed by atoms with Crippen LogP contribution in [0.25, 0.3) is 11.0 Å². The average molecular weight is 302 g/mol. The standard InChI is InChI=1S/C18H14N4O/c1-12-17(22-16-8-3-2-7-15(16)21-12)11-20-18(23)14-6-4-5-13(9-14)10-19/h2-9H,11H2,1H3,(H,20,23). The Morgan fingerprint density at radius 1 is 1.13 bits per heavy atom. The molecule has 0 radical (unpaired) electrons. The second-order valence-corrected chi connectivity index (χ2v) is 5.12. The summed E-state index contributed by atoms with van der Waals surface area (Å²) in [5.74, 6) is -0.239. The number of hydrogen-bond donors (Lipinski definition) is 1. The van der Waals surface area contributed by atoms with Crippen molar-refractivity contribution in [3.05, 3.63) is 71.0 Å². The zero-order valence-corrected chi connectivity index (χ0v) is 12.6. The van der Waals surface area contributed by atoms with Crippen molar-refractivity contribution < 1.29 is 4.79 Å². The minimum Gasteiger partial charge on any atom is -0.346 e. The van der Waals surface area contributed by atoms with E-state index in [0.29, 0.717) is 17.7 Å². The molecule has 1 aromatic heterocycles. The van der Waals surface area contributed by atoms with Gasteiger partial charge < -0.3 is 5.32 Å². The van der Waals surface area contributed by atoms with Crippen LogP contribution < -0.4 is 5.32 Å². The zero-order chi connectivity index (χ0) is 16.2. The van der Waals surface area contributed by atoms with Crippen LogP contribution in [0.4, 0.5) is 0 Å². The molecule has 0 saturated carbocycles. The van der Waals surface area contributed by atoms with E-state index >= 15 is 0 Å². The number of carbonyl (C=O) groups excluding carboxylic acids is 1. The predicted molar refractivity (Wildman–Crippen MR) is 86.6 cm³/mol. The number of rotatable bonds is 3. The molecule has 5 nitrogen and oxygen atoms in total. The summed E-state index contributed by atoms with van der Waals surface area (Å²) in [6.07, 6.45) is 0. The Hall–Kier alpha value is -3.26. The summed E-state index contributed by atoms with van der Waals surface area (Å²) >= 11 is 0. The van der Waals surface area contributed by atoms with Gasteiger partial charge in [0.25, 0.3) is 5.91 Å². The molecule has 2 aromatic carbocycles. The van der Waals surface area contributed by atoms with Crippen molar-refractivity contribution in [2.75, 3.05) is 0 Å². The first-order valence-corrected chi connectivity index (χ1v) is 7.18. The minimum atomic E-state index is -0.239. The highest BCUT2D eigenvalue weighted by molar-refractivity contribution is 5.94. The van der Waals surface area contributed by atoms with Crippen molar-refractivity contribution in [3.8, 4) is 6.07 Å². The first-order valence-electron chi connectivity index (χ1n) is 7.18. The minimum absolute atomic E-state index is 0.239. The Balaban J connectivity index is 1.79. The molecule has 0 unspecified atom stereocenters. The van der Waals surface area contributed by atoms with Gasteiger partial charge in [-0.2, -0.15) is 5.26 Å². The number of carbonyl (C=O) groups is 1. The summed E-state index contributed by atoms with van der Waals surface area (Å²) in [4.78, 5) is 21.2. The lowest BCUT2D eigenvalue weighted by Crippen LogP contribution is -2.24. The van der Waals surface area contributed by atoms with Crippen molar-refractivity contribution in [1.82, 2.24) is 15.3 Å². The van der Waals surface area contributed by atoms with Gasteiger partial charge in [0.2, 0.25) is 0 Å². The maximum Gasteiger partial charge on any atom is 0.251 e. The number of aryl methyl sites for hydroxylation is 1. The van der Waals surface area contributed by atoms with Gasteiger partial charge in [0, 0.05) is 5.56 Å². The first kappa shape index (κ1) is 14.7. The van der Waals surface area contributed by atoms with Gasteiger partial charge in [-0.25, -0.2) is 9.97 Å². The van der Waals surface area contributed by atoms with E-state index in [4.69, 9.17) is 5.26 Å². The molecule has 23 heavy (non-hydrogen) atoms. The third kappa shape index (κ3) is 3.16. The topological polar surface area (TPSA) is 78.7 Å². The molecule has 3 rings (SSSR count). The monoisotopic (exact) mass is 302 g/mol. The van der Waals surface area contributed by atoms with Gasteiger partial charge in [-0.05, 0) is 37.3 Å². The summed E-state index contributed by atoms with van der Waals surface area (Å²) in [7, 11) is 0. The number of aromatic nitrogens is 2. The molecule has 1 heterocycles. The van der Waals surface area contributed by atoms with Crippen molar-refractivity contribution in [2.45, 2.75) is 13.5 Å². The first-order chi connectivity index (χ1) is 11.2. The molecule has 1 N–H and O–H groups in total. The molecule has 3 aromatic rings. The predicted octanol–water partition coefficient (Wildman–Crippen LogP) is 2.74. The van der Waals surface area contributed by atoms with Gasteiger partial charge in [0.15, 0.2) is 0 Å². The van der Waals surface area contributed by atoms with Crippen LogP contribution in [0.5, 0.6) is 0 Å². The Bertz CT molecular complexity index is 928. The fourth-order valence-electron chi connectivity index (χ4n) is 2.29. The third-order valence-electron chi connectivity index (χ3n) is 3.51.